The number of carbonyl (C=O) groups is 3. The summed E-state index contributed by atoms with van der Waals surface area (Å²) in [5.74, 6) is -0.835. The van der Waals surface area contributed by atoms with E-state index in [4.69, 9.17) is 4.74 Å². The minimum atomic E-state index is -0.381. The third kappa shape index (κ3) is 5.46. The molecule has 0 aliphatic carbocycles. The fraction of sp³-hybridized carbons (Fsp3) is 0.211. The lowest BCUT2D eigenvalue weighted by Gasteiger charge is -2.08. The maximum atomic E-state index is 12.2. The quantitative estimate of drug-likeness (QED) is 0.789. The van der Waals surface area contributed by atoms with Crippen molar-refractivity contribution in [2.45, 2.75) is 20.3 Å². The molecule has 0 fully saturated rings. The number of ether oxygens (including phenoxy) is 1. The summed E-state index contributed by atoms with van der Waals surface area (Å²) >= 11 is 0. The Morgan fingerprint density at radius 2 is 1.36 bits per heavy atom. The zero-order valence-corrected chi connectivity index (χ0v) is 14.2. The molecule has 0 aliphatic rings. The van der Waals surface area contributed by atoms with Gasteiger partial charge in [-0.15, -0.1) is 0 Å². The predicted molar refractivity (Wildman–Crippen MR) is 95.7 cm³/mol. The maximum absolute atomic E-state index is 12.2. The molecule has 130 valence electrons. The third-order valence-electron chi connectivity index (χ3n) is 3.28. The van der Waals surface area contributed by atoms with Gasteiger partial charge in [0, 0.05) is 23.9 Å². The zero-order chi connectivity index (χ0) is 18.2. The van der Waals surface area contributed by atoms with Gasteiger partial charge in [0.05, 0.1) is 12.2 Å². The van der Waals surface area contributed by atoms with Crippen molar-refractivity contribution >= 4 is 29.2 Å². The predicted octanol–water partition coefficient (Wildman–Crippen LogP) is 3.46. The van der Waals surface area contributed by atoms with E-state index in [1.807, 2.05) is 6.92 Å². The fourth-order valence-corrected chi connectivity index (χ4v) is 2.08. The molecular formula is C19H20N2O4. The summed E-state index contributed by atoms with van der Waals surface area (Å²) in [6, 6.07) is 13.1. The van der Waals surface area contributed by atoms with Crippen LogP contribution in [0.1, 0.15) is 41.0 Å². The van der Waals surface area contributed by atoms with Gasteiger partial charge in [-0.3, -0.25) is 9.59 Å². The van der Waals surface area contributed by atoms with E-state index >= 15 is 0 Å². The molecule has 2 N–H and O–H groups in total. The molecular weight excluding hydrogens is 320 g/mol. The van der Waals surface area contributed by atoms with Crippen LogP contribution in [-0.4, -0.2) is 24.4 Å². The standard InChI is InChI=1S/C19H20N2O4/c1-3-12-25-19(24)15-6-10-17(11-7-15)21-18(23)14-4-8-16(9-5-14)20-13(2)22/h4-11H,3,12H2,1-2H3,(H,20,22)(H,21,23). The van der Waals surface area contributed by atoms with Gasteiger partial charge in [0.15, 0.2) is 0 Å². The molecule has 25 heavy (non-hydrogen) atoms. The topological polar surface area (TPSA) is 84.5 Å². The van der Waals surface area contributed by atoms with Gasteiger partial charge < -0.3 is 15.4 Å². The average molecular weight is 340 g/mol. The fourth-order valence-electron chi connectivity index (χ4n) is 2.08. The summed E-state index contributed by atoms with van der Waals surface area (Å²) in [6.45, 7) is 3.72. The van der Waals surface area contributed by atoms with E-state index < -0.39 is 0 Å². The SMILES string of the molecule is CCCOC(=O)c1ccc(NC(=O)c2ccc(NC(C)=O)cc2)cc1. The molecule has 0 bridgehead atoms. The first kappa shape index (κ1) is 18.2. The minimum absolute atomic E-state index is 0.172. The van der Waals surface area contributed by atoms with E-state index in [2.05, 4.69) is 10.6 Å². The van der Waals surface area contributed by atoms with Crippen molar-refractivity contribution in [2.24, 2.45) is 0 Å². The molecule has 6 nitrogen and oxygen atoms in total. The molecule has 0 saturated heterocycles. The van der Waals surface area contributed by atoms with Crippen molar-refractivity contribution in [3.8, 4) is 0 Å². The number of hydrogen-bond acceptors (Lipinski definition) is 4. The summed E-state index contributed by atoms with van der Waals surface area (Å²) < 4.78 is 5.05. The smallest absolute Gasteiger partial charge is 0.338 e. The first-order valence-electron chi connectivity index (χ1n) is 7.96. The lowest BCUT2D eigenvalue weighted by molar-refractivity contribution is -0.114. The Morgan fingerprint density at radius 3 is 1.88 bits per heavy atom. The number of hydrogen-bond donors (Lipinski definition) is 2. The molecule has 2 aromatic carbocycles. The van der Waals surface area contributed by atoms with Crippen LogP contribution in [-0.2, 0) is 9.53 Å². The molecule has 0 atom stereocenters. The Morgan fingerprint density at radius 1 is 0.840 bits per heavy atom. The van der Waals surface area contributed by atoms with Crippen molar-refractivity contribution in [3.63, 3.8) is 0 Å². The van der Waals surface area contributed by atoms with Crippen molar-refractivity contribution in [1.29, 1.82) is 0 Å². The Labute approximate surface area is 146 Å². The summed E-state index contributed by atoms with van der Waals surface area (Å²) in [5, 5.41) is 5.39. The summed E-state index contributed by atoms with van der Waals surface area (Å²) in [7, 11) is 0. The highest BCUT2D eigenvalue weighted by molar-refractivity contribution is 6.04. The average Bonchev–Trinajstić information content (AvgIpc) is 2.60. The molecule has 2 rings (SSSR count). The van der Waals surface area contributed by atoms with Crippen LogP contribution in [0.25, 0.3) is 0 Å². The van der Waals surface area contributed by atoms with Crippen LogP contribution in [0.15, 0.2) is 48.5 Å². The number of carbonyl (C=O) groups excluding carboxylic acids is 3. The van der Waals surface area contributed by atoms with Gasteiger partial charge in [0.25, 0.3) is 5.91 Å². The van der Waals surface area contributed by atoms with E-state index in [0.29, 0.717) is 29.1 Å². The van der Waals surface area contributed by atoms with Crippen LogP contribution < -0.4 is 10.6 Å². The highest BCUT2D eigenvalue weighted by atomic mass is 16.5. The summed E-state index contributed by atoms with van der Waals surface area (Å²) in [5.41, 5.74) is 2.09. The normalized spacial score (nSPS) is 10.0. The molecule has 0 unspecified atom stereocenters. The van der Waals surface area contributed by atoms with Crippen molar-refractivity contribution in [3.05, 3.63) is 59.7 Å². The Balaban J connectivity index is 1.98. The van der Waals surface area contributed by atoms with Crippen LogP contribution in [0.3, 0.4) is 0 Å². The van der Waals surface area contributed by atoms with Gasteiger partial charge in [-0.2, -0.15) is 0 Å². The number of benzene rings is 2. The van der Waals surface area contributed by atoms with Gasteiger partial charge in [-0.1, -0.05) is 6.92 Å². The van der Waals surface area contributed by atoms with E-state index in [1.165, 1.54) is 6.92 Å². The maximum Gasteiger partial charge on any atom is 0.338 e. The molecule has 2 amide bonds. The highest BCUT2D eigenvalue weighted by Crippen LogP contribution is 2.14. The van der Waals surface area contributed by atoms with Gasteiger partial charge in [-0.25, -0.2) is 4.79 Å². The van der Waals surface area contributed by atoms with Crippen molar-refractivity contribution in [2.75, 3.05) is 17.2 Å². The van der Waals surface area contributed by atoms with E-state index in [9.17, 15) is 14.4 Å². The molecule has 0 aliphatic heterocycles. The van der Waals surface area contributed by atoms with Crippen LogP contribution in [0, 0.1) is 0 Å². The number of nitrogens with one attached hydrogen (secondary N) is 2. The Bertz CT molecular complexity index is 752. The molecule has 6 heteroatoms. The number of esters is 1. The molecule has 0 spiro atoms. The summed E-state index contributed by atoms with van der Waals surface area (Å²) in [6.07, 6.45) is 0.764. The molecule has 0 aromatic heterocycles. The van der Waals surface area contributed by atoms with Crippen LogP contribution in [0.5, 0.6) is 0 Å². The van der Waals surface area contributed by atoms with Crippen LogP contribution in [0.2, 0.25) is 0 Å². The molecule has 0 saturated carbocycles. The second-order valence-corrected chi connectivity index (χ2v) is 5.43. The Kier molecular flexibility index (Phi) is 6.28. The third-order valence-corrected chi connectivity index (χ3v) is 3.28. The second kappa shape index (κ2) is 8.63. The first-order chi connectivity index (χ1) is 12.0. The second-order valence-electron chi connectivity index (χ2n) is 5.43. The minimum Gasteiger partial charge on any atom is -0.462 e. The van der Waals surface area contributed by atoms with E-state index in [0.717, 1.165) is 6.42 Å². The van der Waals surface area contributed by atoms with Crippen molar-refractivity contribution in [1.82, 2.24) is 0 Å². The first-order valence-corrected chi connectivity index (χ1v) is 7.96. The largest absolute Gasteiger partial charge is 0.462 e. The van der Waals surface area contributed by atoms with Gasteiger partial charge >= 0.3 is 5.97 Å². The van der Waals surface area contributed by atoms with Crippen LogP contribution >= 0.6 is 0 Å². The lowest BCUT2D eigenvalue weighted by atomic mass is 10.1. The number of anilines is 2. The number of amides is 2. The number of rotatable bonds is 6. The van der Waals surface area contributed by atoms with Crippen molar-refractivity contribution < 1.29 is 19.1 Å². The van der Waals surface area contributed by atoms with Gasteiger partial charge in [-0.05, 0) is 55.0 Å². The van der Waals surface area contributed by atoms with E-state index in [1.54, 1.807) is 48.5 Å². The zero-order valence-electron chi connectivity index (χ0n) is 14.2. The van der Waals surface area contributed by atoms with Crippen LogP contribution in [0.4, 0.5) is 11.4 Å². The van der Waals surface area contributed by atoms with E-state index in [-0.39, 0.29) is 17.8 Å². The molecule has 0 radical (unpaired) electrons. The molecule has 2 aromatic rings. The highest BCUT2D eigenvalue weighted by Gasteiger charge is 2.09. The van der Waals surface area contributed by atoms with Gasteiger partial charge in [0.1, 0.15) is 0 Å². The monoisotopic (exact) mass is 340 g/mol. The van der Waals surface area contributed by atoms with Gasteiger partial charge in [0.2, 0.25) is 5.91 Å². The summed E-state index contributed by atoms with van der Waals surface area (Å²) in [4.78, 5) is 34.9. The lowest BCUT2D eigenvalue weighted by Crippen LogP contribution is -2.12. The Hall–Kier alpha value is -3.15. The molecule has 0 heterocycles.